The number of rotatable bonds is 4. The molecule has 0 spiro atoms. The Morgan fingerprint density at radius 1 is 1.14 bits per heavy atom. The molecule has 4 rings (SSSR count). The first kappa shape index (κ1) is 18.5. The monoisotopic (exact) mass is 399 g/mol. The van der Waals surface area contributed by atoms with Gasteiger partial charge in [0.1, 0.15) is 11.4 Å². The van der Waals surface area contributed by atoms with Gasteiger partial charge in [-0.3, -0.25) is 14.0 Å². The van der Waals surface area contributed by atoms with Crippen molar-refractivity contribution in [2.45, 2.75) is 12.8 Å². The van der Waals surface area contributed by atoms with E-state index < -0.39 is 0 Å². The highest BCUT2D eigenvalue weighted by Gasteiger charge is 2.29. The van der Waals surface area contributed by atoms with Crippen molar-refractivity contribution in [1.82, 2.24) is 14.3 Å². The molecule has 0 saturated carbocycles. The van der Waals surface area contributed by atoms with E-state index in [9.17, 15) is 9.59 Å². The molecule has 1 aliphatic rings. The number of benzene rings is 1. The normalized spacial score (nSPS) is 15.0. The average molecular weight is 399 g/mol. The summed E-state index contributed by atoms with van der Waals surface area (Å²) in [6.07, 6.45) is 3.15. The van der Waals surface area contributed by atoms with Crippen LogP contribution in [0.2, 0.25) is 0 Å². The summed E-state index contributed by atoms with van der Waals surface area (Å²) in [7, 11) is 3.04. The number of esters is 1. The Morgan fingerprint density at radius 2 is 1.86 bits per heavy atom. The molecule has 3 aromatic rings. The minimum atomic E-state index is -0.191. The molecule has 1 aliphatic heterocycles. The maximum Gasteiger partial charge on any atom is 0.308 e. The SMILES string of the molecule is COC(=O)C1CCN(C(=O)c2csc3nc(-c4ccc(OC)cc4)cn23)CC1. The van der Waals surface area contributed by atoms with E-state index >= 15 is 0 Å². The van der Waals surface area contributed by atoms with Gasteiger partial charge >= 0.3 is 5.97 Å². The van der Waals surface area contributed by atoms with Crippen molar-refractivity contribution in [2.24, 2.45) is 5.92 Å². The predicted molar refractivity (Wildman–Crippen MR) is 106 cm³/mol. The Balaban J connectivity index is 1.53. The van der Waals surface area contributed by atoms with Crippen LogP contribution in [-0.2, 0) is 9.53 Å². The van der Waals surface area contributed by atoms with Gasteiger partial charge in [0.2, 0.25) is 0 Å². The van der Waals surface area contributed by atoms with Gasteiger partial charge in [0.05, 0.1) is 25.8 Å². The van der Waals surface area contributed by atoms with Crippen molar-refractivity contribution in [3.63, 3.8) is 0 Å². The summed E-state index contributed by atoms with van der Waals surface area (Å²) in [6, 6.07) is 7.68. The second kappa shape index (κ2) is 7.63. The molecule has 0 N–H and O–H groups in total. The van der Waals surface area contributed by atoms with E-state index in [1.807, 2.05) is 40.2 Å². The van der Waals surface area contributed by atoms with E-state index in [0.29, 0.717) is 31.6 Å². The summed E-state index contributed by atoms with van der Waals surface area (Å²) in [4.78, 5) is 31.9. The van der Waals surface area contributed by atoms with Crippen LogP contribution in [0.1, 0.15) is 23.3 Å². The van der Waals surface area contributed by atoms with Crippen LogP contribution >= 0.6 is 11.3 Å². The number of amides is 1. The smallest absolute Gasteiger partial charge is 0.308 e. The van der Waals surface area contributed by atoms with E-state index in [2.05, 4.69) is 4.98 Å². The fourth-order valence-electron chi connectivity index (χ4n) is 3.49. The molecule has 0 aliphatic carbocycles. The molecule has 2 aromatic heterocycles. The predicted octanol–water partition coefficient (Wildman–Crippen LogP) is 3.10. The fraction of sp³-hybridized carbons (Fsp3) is 0.350. The topological polar surface area (TPSA) is 73.1 Å². The Hall–Kier alpha value is -2.87. The van der Waals surface area contributed by atoms with Crippen molar-refractivity contribution in [3.8, 4) is 17.0 Å². The van der Waals surface area contributed by atoms with Gasteiger partial charge in [-0.2, -0.15) is 0 Å². The summed E-state index contributed by atoms with van der Waals surface area (Å²) in [6.45, 7) is 1.10. The van der Waals surface area contributed by atoms with Crippen LogP contribution in [-0.4, -0.2) is 53.5 Å². The zero-order valence-electron chi connectivity index (χ0n) is 15.8. The number of thiazole rings is 1. The van der Waals surface area contributed by atoms with Crippen molar-refractivity contribution < 1.29 is 19.1 Å². The molecular weight excluding hydrogens is 378 g/mol. The van der Waals surface area contributed by atoms with E-state index in [0.717, 1.165) is 22.0 Å². The number of aromatic nitrogens is 2. The highest BCUT2D eigenvalue weighted by molar-refractivity contribution is 7.15. The molecule has 0 radical (unpaired) electrons. The number of likely N-dealkylation sites (tertiary alicyclic amines) is 1. The van der Waals surface area contributed by atoms with Crippen molar-refractivity contribution in [3.05, 3.63) is 41.5 Å². The number of fused-ring (bicyclic) bond motifs is 1. The molecule has 28 heavy (non-hydrogen) atoms. The van der Waals surface area contributed by atoms with Crippen LogP contribution in [0, 0.1) is 5.92 Å². The Labute approximate surface area is 166 Å². The van der Waals surface area contributed by atoms with Crippen LogP contribution in [0.15, 0.2) is 35.8 Å². The number of piperidine rings is 1. The molecule has 0 bridgehead atoms. The molecular formula is C20H21N3O4S. The van der Waals surface area contributed by atoms with Crippen LogP contribution in [0.3, 0.4) is 0 Å². The first-order valence-corrected chi connectivity index (χ1v) is 9.97. The molecule has 3 heterocycles. The molecule has 7 nitrogen and oxygen atoms in total. The van der Waals surface area contributed by atoms with Gasteiger partial charge in [0, 0.05) is 30.2 Å². The Morgan fingerprint density at radius 3 is 2.50 bits per heavy atom. The summed E-state index contributed by atoms with van der Waals surface area (Å²) >= 11 is 1.44. The zero-order chi connectivity index (χ0) is 19.7. The largest absolute Gasteiger partial charge is 0.497 e. The minimum Gasteiger partial charge on any atom is -0.497 e. The number of hydrogen-bond donors (Lipinski definition) is 0. The van der Waals surface area contributed by atoms with Gasteiger partial charge in [0.25, 0.3) is 5.91 Å². The van der Waals surface area contributed by atoms with Crippen molar-refractivity contribution in [2.75, 3.05) is 27.3 Å². The van der Waals surface area contributed by atoms with E-state index in [1.165, 1.54) is 18.4 Å². The third-order valence-electron chi connectivity index (χ3n) is 5.13. The number of methoxy groups -OCH3 is 2. The van der Waals surface area contributed by atoms with Gasteiger partial charge in [-0.05, 0) is 37.1 Å². The number of ether oxygens (including phenoxy) is 2. The molecule has 146 valence electrons. The van der Waals surface area contributed by atoms with Gasteiger partial charge in [-0.1, -0.05) is 0 Å². The summed E-state index contributed by atoms with van der Waals surface area (Å²) in [5, 5.41) is 1.84. The number of nitrogens with zero attached hydrogens (tertiary/aromatic N) is 3. The number of carbonyl (C=O) groups is 2. The van der Waals surface area contributed by atoms with E-state index in [4.69, 9.17) is 9.47 Å². The van der Waals surface area contributed by atoms with Gasteiger partial charge in [0.15, 0.2) is 4.96 Å². The lowest BCUT2D eigenvalue weighted by Gasteiger charge is -2.30. The van der Waals surface area contributed by atoms with Crippen LogP contribution in [0.25, 0.3) is 16.2 Å². The lowest BCUT2D eigenvalue weighted by molar-refractivity contribution is -0.146. The fourth-order valence-corrected chi connectivity index (χ4v) is 4.33. The van der Waals surface area contributed by atoms with Crippen LogP contribution < -0.4 is 4.74 Å². The lowest BCUT2D eigenvalue weighted by atomic mass is 9.97. The van der Waals surface area contributed by atoms with Crippen molar-refractivity contribution >= 4 is 28.2 Å². The third-order valence-corrected chi connectivity index (χ3v) is 5.97. The molecule has 1 aromatic carbocycles. The van der Waals surface area contributed by atoms with Gasteiger partial charge in [-0.15, -0.1) is 11.3 Å². The summed E-state index contributed by atoms with van der Waals surface area (Å²) in [5.41, 5.74) is 2.38. The number of hydrogen-bond acceptors (Lipinski definition) is 6. The number of imidazole rings is 1. The highest BCUT2D eigenvalue weighted by atomic mass is 32.1. The van der Waals surface area contributed by atoms with E-state index in [1.54, 1.807) is 12.0 Å². The molecule has 0 unspecified atom stereocenters. The Kier molecular flexibility index (Phi) is 5.04. The molecule has 1 fully saturated rings. The minimum absolute atomic E-state index is 0.0340. The summed E-state index contributed by atoms with van der Waals surface area (Å²) < 4.78 is 11.9. The molecule has 1 amide bonds. The number of carbonyl (C=O) groups excluding carboxylic acids is 2. The molecule has 0 atom stereocenters. The van der Waals surface area contributed by atoms with Gasteiger partial charge in [-0.25, -0.2) is 4.98 Å². The molecule has 8 heteroatoms. The lowest BCUT2D eigenvalue weighted by Crippen LogP contribution is -2.40. The van der Waals surface area contributed by atoms with Crippen molar-refractivity contribution in [1.29, 1.82) is 0 Å². The quantitative estimate of drug-likeness (QED) is 0.631. The molecule has 1 saturated heterocycles. The first-order valence-electron chi connectivity index (χ1n) is 9.09. The summed E-state index contributed by atoms with van der Waals surface area (Å²) in [5.74, 6) is 0.444. The van der Waals surface area contributed by atoms with Crippen LogP contribution in [0.5, 0.6) is 5.75 Å². The first-order chi connectivity index (χ1) is 13.6. The second-order valence-electron chi connectivity index (χ2n) is 6.72. The van der Waals surface area contributed by atoms with Crippen LogP contribution in [0.4, 0.5) is 0 Å². The van der Waals surface area contributed by atoms with E-state index in [-0.39, 0.29) is 17.8 Å². The van der Waals surface area contributed by atoms with Gasteiger partial charge < -0.3 is 14.4 Å². The highest BCUT2D eigenvalue weighted by Crippen LogP contribution is 2.27. The Bertz CT molecular complexity index is 1000. The maximum absolute atomic E-state index is 13.0. The average Bonchev–Trinajstić information content (AvgIpc) is 3.34. The zero-order valence-corrected chi connectivity index (χ0v) is 16.6. The standard InChI is InChI=1S/C20H21N3O4S/c1-26-15-5-3-13(4-6-15)16-11-23-17(12-28-20(23)21-16)18(24)22-9-7-14(8-10-22)19(25)27-2/h3-6,11-12,14H,7-10H2,1-2H3. The third kappa shape index (κ3) is 3.35. The second-order valence-corrected chi connectivity index (χ2v) is 7.55. The maximum atomic E-state index is 13.0.